The van der Waals surface area contributed by atoms with Gasteiger partial charge in [-0.05, 0) is 43.0 Å². The Morgan fingerprint density at radius 2 is 2.08 bits per heavy atom. The number of carbonyl (C=O) groups is 2. The summed E-state index contributed by atoms with van der Waals surface area (Å²) in [6.45, 7) is 0.343. The van der Waals surface area contributed by atoms with Gasteiger partial charge in [-0.2, -0.15) is 0 Å². The number of nitrogens with two attached hydrogens (primary N) is 1. The standard InChI is InChI=1S/C17H18FN3O3/c18-12-3-4-13(17(23)20-8-14(19)10-1-2-10)15(7-12)21-16(22)11-5-6-24-9-11/h3-7,9-10,14H,1-2,8,19H2,(H,20,23)(H,21,22). The lowest BCUT2D eigenvalue weighted by atomic mass is 10.1. The van der Waals surface area contributed by atoms with E-state index in [2.05, 4.69) is 10.6 Å². The Morgan fingerprint density at radius 3 is 2.75 bits per heavy atom. The quantitative estimate of drug-likeness (QED) is 0.755. The molecule has 1 aliphatic carbocycles. The van der Waals surface area contributed by atoms with Gasteiger partial charge in [-0.1, -0.05) is 0 Å². The molecule has 4 N–H and O–H groups in total. The van der Waals surface area contributed by atoms with E-state index >= 15 is 0 Å². The summed E-state index contributed by atoms with van der Waals surface area (Å²) in [5.74, 6) is -0.991. The van der Waals surface area contributed by atoms with E-state index in [1.54, 1.807) is 0 Å². The first-order valence-electron chi connectivity index (χ1n) is 7.71. The van der Waals surface area contributed by atoms with Crippen LogP contribution >= 0.6 is 0 Å². The van der Waals surface area contributed by atoms with Crippen LogP contribution in [-0.2, 0) is 0 Å². The molecular formula is C17H18FN3O3. The van der Waals surface area contributed by atoms with Crippen molar-refractivity contribution in [3.05, 3.63) is 53.7 Å². The molecule has 2 amide bonds. The highest BCUT2D eigenvalue weighted by Crippen LogP contribution is 2.31. The van der Waals surface area contributed by atoms with Gasteiger partial charge >= 0.3 is 0 Å². The molecule has 1 atom stereocenters. The van der Waals surface area contributed by atoms with Crippen LogP contribution in [0.15, 0.2) is 41.2 Å². The van der Waals surface area contributed by atoms with Gasteiger partial charge in [0.05, 0.1) is 23.1 Å². The van der Waals surface area contributed by atoms with E-state index in [-0.39, 0.29) is 22.9 Å². The van der Waals surface area contributed by atoms with Gasteiger partial charge in [-0.15, -0.1) is 0 Å². The number of anilines is 1. The summed E-state index contributed by atoms with van der Waals surface area (Å²) < 4.78 is 18.3. The fraction of sp³-hybridized carbons (Fsp3) is 0.294. The Morgan fingerprint density at radius 1 is 1.29 bits per heavy atom. The van der Waals surface area contributed by atoms with Crippen LogP contribution in [0.5, 0.6) is 0 Å². The lowest BCUT2D eigenvalue weighted by molar-refractivity contribution is 0.0951. The normalized spacial score (nSPS) is 14.9. The Balaban J connectivity index is 1.72. The smallest absolute Gasteiger partial charge is 0.258 e. The highest BCUT2D eigenvalue weighted by molar-refractivity contribution is 6.08. The third kappa shape index (κ3) is 3.80. The van der Waals surface area contributed by atoms with Crippen LogP contribution in [0.25, 0.3) is 0 Å². The summed E-state index contributed by atoms with van der Waals surface area (Å²) in [5.41, 5.74) is 6.51. The molecule has 0 radical (unpaired) electrons. The van der Waals surface area contributed by atoms with E-state index in [1.165, 1.54) is 30.7 Å². The third-order valence-electron chi connectivity index (χ3n) is 3.98. The number of halogens is 1. The molecule has 0 saturated heterocycles. The molecule has 126 valence electrons. The van der Waals surface area contributed by atoms with Crippen molar-refractivity contribution in [1.29, 1.82) is 0 Å². The van der Waals surface area contributed by atoms with Crippen molar-refractivity contribution in [2.75, 3.05) is 11.9 Å². The van der Waals surface area contributed by atoms with Crippen LogP contribution in [0.2, 0.25) is 0 Å². The number of hydrogen-bond donors (Lipinski definition) is 3. The van der Waals surface area contributed by atoms with E-state index in [9.17, 15) is 14.0 Å². The molecule has 7 heteroatoms. The van der Waals surface area contributed by atoms with E-state index in [4.69, 9.17) is 10.2 Å². The molecule has 3 rings (SSSR count). The maximum Gasteiger partial charge on any atom is 0.258 e. The SMILES string of the molecule is NC(CNC(=O)c1ccc(F)cc1NC(=O)c1ccoc1)C1CC1. The highest BCUT2D eigenvalue weighted by Gasteiger charge is 2.28. The Kier molecular flexibility index (Phi) is 4.61. The first kappa shape index (κ1) is 16.2. The second-order valence-corrected chi connectivity index (χ2v) is 5.87. The predicted octanol–water partition coefficient (Wildman–Crippen LogP) is 2.14. The molecule has 1 unspecified atom stereocenters. The summed E-state index contributed by atoms with van der Waals surface area (Å²) in [6.07, 6.45) is 4.79. The maximum atomic E-state index is 13.5. The molecule has 0 aliphatic heterocycles. The molecule has 2 aromatic rings. The average Bonchev–Trinajstić information content (AvgIpc) is 3.26. The topological polar surface area (TPSA) is 97.4 Å². The number of rotatable bonds is 6. The van der Waals surface area contributed by atoms with Gasteiger partial charge in [0, 0.05) is 12.6 Å². The van der Waals surface area contributed by atoms with Gasteiger partial charge in [0.2, 0.25) is 0 Å². The third-order valence-corrected chi connectivity index (χ3v) is 3.98. The lowest BCUT2D eigenvalue weighted by Crippen LogP contribution is -2.38. The summed E-state index contributed by atoms with van der Waals surface area (Å²) in [6, 6.07) is 5.00. The number of nitrogens with one attached hydrogen (secondary N) is 2. The van der Waals surface area contributed by atoms with E-state index in [0.29, 0.717) is 12.5 Å². The Labute approximate surface area is 138 Å². The fourth-order valence-corrected chi connectivity index (χ4v) is 2.40. The summed E-state index contributed by atoms with van der Waals surface area (Å²) in [5, 5.41) is 5.26. The van der Waals surface area contributed by atoms with Crippen LogP contribution in [0.3, 0.4) is 0 Å². The first-order chi connectivity index (χ1) is 11.5. The molecule has 0 spiro atoms. The molecule has 24 heavy (non-hydrogen) atoms. The molecule has 1 aromatic carbocycles. The monoisotopic (exact) mass is 331 g/mol. The molecule has 1 fully saturated rings. The fourth-order valence-electron chi connectivity index (χ4n) is 2.40. The Hall–Kier alpha value is -2.67. The number of hydrogen-bond acceptors (Lipinski definition) is 4. The van der Waals surface area contributed by atoms with Crippen molar-refractivity contribution >= 4 is 17.5 Å². The van der Waals surface area contributed by atoms with Crippen molar-refractivity contribution in [2.24, 2.45) is 11.7 Å². The highest BCUT2D eigenvalue weighted by atomic mass is 19.1. The second kappa shape index (κ2) is 6.84. The summed E-state index contributed by atoms with van der Waals surface area (Å²) >= 11 is 0. The van der Waals surface area contributed by atoms with Gasteiger partial charge in [0.25, 0.3) is 11.8 Å². The van der Waals surface area contributed by atoms with Crippen molar-refractivity contribution < 1.29 is 18.4 Å². The van der Waals surface area contributed by atoms with Crippen LogP contribution in [0, 0.1) is 11.7 Å². The molecule has 1 aromatic heterocycles. The van der Waals surface area contributed by atoms with Gasteiger partial charge in [-0.3, -0.25) is 9.59 Å². The van der Waals surface area contributed by atoms with Crippen molar-refractivity contribution in [2.45, 2.75) is 18.9 Å². The maximum absolute atomic E-state index is 13.5. The first-order valence-corrected chi connectivity index (χ1v) is 7.71. The Bertz CT molecular complexity index is 742. The van der Waals surface area contributed by atoms with E-state index in [1.807, 2.05) is 0 Å². The molecule has 1 aliphatic rings. The van der Waals surface area contributed by atoms with Gasteiger partial charge in [-0.25, -0.2) is 4.39 Å². The minimum absolute atomic E-state index is 0.0848. The minimum atomic E-state index is -0.552. The van der Waals surface area contributed by atoms with Crippen molar-refractivity contribution in [1.82, 2.24) is 5.32 Å². The van der Waals surface area contributed by atoms with Crippen molar-refractivity contribution in [3.8, 4) is 0 Å². The number of benzene rings is 1. The lowest BCUT2D eigenvalue weighted by Gasteiger charge is -2.14. The largest absolute Gasteiger partial charge is 0.472 e. The predicted molar refractivity (Wildman–Crippen MR) is 86.1 cm³/mol. The van der Waals surface area contributed by atoms with Gasteiger partial charge in [0.15, 0.2) is 0 Å². The van der Waals surface area contributed by atoms with Crippen molar-refractivity contribution in [3.63, 3.8) is 0 Å². The molecular weight excluding hydrogens is 313 g/mol. The molecule has 1 heterocycles. The number of carbonyl (C=O) groups excluding carboxylic acids is 2. The summed E-state index contributed by atoms with van der Waals surface area (Å²) in [7, 11) is 0. The van der Waals surface area contributed by atoms with E-state index < -0.39 is 17.6 Å². The minimum Gasteiger partial charge on any atom is -0.472 e. The second-order valence-electron chi connectivity index (χ2n) is 5.87. The van der Waals surface area contributed by atoms with E-state index in [0.717, 1.165) is 18.9 Å². The van der Waals surface area contributed by atoms with Crippen LogP contribution in [0.4, 0.5) is 10.1 Å². The average molecular weight is 331 g/mol. The zero-order chi connectivity index (χ0) is 17.1. The zero-order valence-electron chi connectivity index (χ0n) is 12.9. The van der Waals surface area contributed by atoms with Gasteiger partial charge < -0.3 is 20.8 Å². The summed E-state index contributed by atoms with van der Waals surface area (Å²) in [4.78, 5) is 24.4. The van der Waals surface area contributed by atoms with Crippen LogP contribution in [-0.4, -0.2) is 24.4 Å². The number of amides is 2. The van der Waals surface area contributed by atoms with Gasteiger partial charge in [0.1, 0.15) is 12.1 Å². The molecule has 0 bridgehead atoms. The molecule has 6 nitrogen and oxygen atoms in total. The zero-order valence-corrected chi connectivity index (χ0v) is 12.9. The van der Waals surface area contributed by atoms with Crippen LogP contribution < -0.4 is 16.4 Å². The molecule has 1 saturated carbocycles. The number of furan rings is 1. The van der Waals surface area contributed by atoms with Crippen LogP contribution in [0.1, 0.15) is 33.6 Å².